The molecule has 0 fully saturated rings. The summed E-state index contributed by atoms with van der Waals surface area (Å²) in [5.74, 6) is -0.405. The number of aromatic nitrogens is 4. The molecule has 5 aromatic rings. The smallest absolute Gasteiger partial charge is 0.251 e. The van der Waals surface area contributed by atoms with Crippen molar-refractivity contribution in [2.45, 2.75) is 6.42 Å². The van der Waals surface area contributed by atoms with Gasteiger partial charge in [-0.1, -0.05) is 12.1 Å². The van der Waals surface area contributed by atoms with Crippen molar-refractivity contribution in [3.8, 4) is 33.6 Å². The van der Waals surface area contributed by atoms with E-state index in [0.717, 1.165) is 45.7 Å². The van der Waals surface area contributed by atoms with Crippen molar-refractivity contribution >= 4 is 11.6 Å². The van der Waals surface area contributed by atoms with E-state index in [1.165, 1.54) is 12.1 Å². The number of carbonyl (C=O) groups excluding carboxylic acids is 1. The Labute approximate surface area is 195 Å². The van der Waals surface area contributed by atoms with Gasteiger partial charge < -0.3 is 11.1 Å². The van der Waals surface area contributed by atoms with Crippen molar-refractivity contribution in [3.63, 3.8) is 0 Å². The van der Waals surface area contributed by atoms with E-state index < -0.39 is 0 Å². The van der Waals surface area contributed by atoms with Gasteiger partial charge in [0, 0.05) is 46.8 Å². The van der Waals surface area contributed by atoms with Crippen LogP contribution in [0.2, 0.25) is 0 Å². The zero-order valence-corrected chi connectivity index (χ0v) is 18.3. The van der Waals surface area contributed by atoms with E-state index in [4.69, 9.17) is 5.73 Å². The Morgan fingerprint density at radius 3 is 2.50 bits per heavy atom. The van der Waals surface area contributed by atoms with E-state index in [0.29, 0.717) is 18.7 Å². The molecule has 0 aliphatic rings. The number of hydrogen-bond acceptors (Lipinski definition) is 4. The highest BCUT2D eigenvalue weighted by Gasteiger charge is 2.14. The van der Waals surface area contributed by atoms with E-state index in [1.807, 2.05) is 47.3 Å². The van der Waals surface area contributed by atoms with Gasteiger partial charge in [-0.2, -0.15) is 5.10 Å². The second kappa shape index (κ2) is 9.29. The van der Waals surface area contributed by atoms with Crippen molar-refractivity contribution in [2.24, 2.45) is 5.73 Å². The SMILES string of the molecule is NCCCNC(=O)c1ccc(-c2cnc3ccc(-c4c[nH]nc4-c4ccc(F)cc4)cn23)cc1. The highest BCUT2D eigenvalue weighted by atomic mass is 19.1. The predicted octanol–water partition coefficient (Wildman–Crippen LogP) is 4.28. The molecule has 0 saturated carbocycles. The number of halogens is 1. The van der Waals surface area contributed by atoms with E-state index in [2.05, 4.69) is 20.5 Å². The van der Waals surface area contributed by atoms with Crippen molar-refractivity contribution in [1.82, 2.24) is 24.9 Å². The van der Waals surface area contributed by atoms with Gasteiger partial charge in [0.25, 0.3) is 5.91 Å². The summed E-state index contributed by atoms with van der Waals surface area (Å²) < 4.78 is 15.4. The van der Waals surface area contributed by atoms with Gasteiger partial charge in [0.2, 0.25) is 0 Å². The van der Waals surface area contributed by atoms with Gasteiger partial charge >= 0.3 is 0 Å². The van der Waals surface area contributed by atoms with Gasteiger partial charge in [-0.3, -0.25) is 14.3 Å². The number of nitrogens with two attached hydrogens (primary N) is 1. The van der Waals surface area contributed by atoms with Gasteiger partial charge in [-0.25, -0.2) is 9.37 Å². The number of amides is 1. The molecule has 8 heteroatoms. The Hall–Kier alpha value is -4.30. The Morgan fingerprint density at radius 1 is 1.00 bits per heavy atom. The van der Waals surface area contributed by atoms with Crippen molar-refractivity contribution in [2.75, 3.05) is 13.1 Å². The number of imidazole rings is 1. The second-order valence-corrected chi connectivity index (χ2v) is 7.92. The van der Waals surface area contributed by atoms with E-state index in [-0.39, 0.29) is 11.7 Å². The molecular formula is C26H23FN6O. The van der Waals surface area contributed by atoms with Gasteiger partial charge in [-0.05, 0) is 61.5 Å². The lowest BCUT2D eigenvalue weighted by atomic mass is 10.0. The predicted molar refractivity (Wildman–Crippen MR) is 130 cm³/mol. The third kappa shape index (κ3) is 4.18. The molecule has 2 aromatic carbocycles. The zero-order chi connectivity index (χ0) is 23.5. The molecule has 3 aromatic heterocycles. The summed E-state index contributed by atoms with van der Waals surface area (Å²) in [4.78, 5) is 16.8. The summed E-state index contributed by atoms with van der Waals surface area (Å²) in [6, 6.07) is 17.6. The van der Waals surface area contributed by atoms with Crippen LogP contribution < -0.4 is 11.1 Å². The number of benzene rings is 2. The number of H-pyrrole nitrogens is 1. The van der Waals surface area contributed by atoms with Crippen LogP contribution in [0.25, 0.3) is 39.3 Å². The molecule has 170 valence electrons. The lowest BCUT2D eigenvalue weighted by molar-refractivity contribution is 0.0953. The van der Waals surface area contributed by atoms with Crippen LogP contribution in [-0.2, 0) is 0 Å². The molecule has 0 atom stereocenters. The molecule has 0 aliphatic heterocycles. The van der Waals surface area contributed by atoms with Crippen LogP contribution in [-0.4, -0.2) is 38.6 Å². The number of pyridine rings is 1. The minimum absolute atomic E-state index is 0.117. The fourth-order valence-corrected chi connectivity index (χ4v) is 3.89. The third-order valence-electron chi connectivity index (χ3n) is 5.68. The molecule has 4 N–H and O–H groups in total. The lowest BCUT2D eigenvalue weighted by Crippen LogP contribution is -2.25. The van der Waals surface area contributed by atoms with Gasteiger partial charge in [0.15, 0.2) is 0 Å². The van der Waals surface area contributed by atoms with Gasteiger partial charge in [0.1, 0.15) is 11.5 Å². The number of rotatable bonds is 7. The van der Waals surface area contributed by atoms with Crippen LogP contribution in [0, 0.1) is 5.82 Å². The van der Waals surface area contributed by atoms with Gasteiger partial charge in [-0.15, -0.1) is 0 Å². The minimum Gasteiger partial charge on any atom is -0.352 e. The summed E-state index contributed by atoms with van der Waals surface area (Å²) in [7, 11) is 0. The molecular weight excluding hydrogens is 431 g/mol. The normalized spacial score (nSPS) is 11.1. The highest BCUT2D eigenvalue weighted by molar-refractivity contribution is 5.94. The first-order valence-corrected chi connectivity index (χ1v) is 11.0. The van der Waals surface area contributed by atoms with E-state index in [9.17, 15) is 9.18 Å². The van der Waals surface area contributed by atoms with Crippen LogP contribution in [0.4, 0.5) is 4.39 Å². The number of nitrogens with zero attached hydrogens (tertiary/aromatic N) is 3. The monoisotopic (exact) mass is 454 g/mol. The maximum atomic E-state index is 13.4. The van der Waals surface area contributed by atoms with Gasteiger partial charge in [0.05, 0.1) is 17.6 Å². The quantitative estimate of drug-likeness (QED) is 0.320. The summed E-state index contributed by atoms with van der Waals surface area (Å²) in [5, 5.41) is 10.2. The molecule has 0 radical (unpaired) electrons. The number of nitrogens with one attached hydrogen (secondary N) is 2. The molecule has 0 bridgehead atoms. The lowest BCUT2D eigenvalue weighted by Gasteiger charge is -2.08. The first kappa shape index (κ1) is 21.5. The molecule has 0 saturated heterocycles. The average Bonchev–Trinajstić information content (AvgIpc) is 3.52. The van der Waals surface area contributed by atoms with Crippen LogP contribution in [0.15, 0.2) is 79.3 Å². The summed E-state index contributed by atoms with van der Waals surface area (Å²) >= 11 is 0. The number of aromatic amines is 1. The van der Waals surface area contributed by atoms with Crippen molar-refractivity contribution in [3.05, 3.63) is 90.6 Å². The first-order chi connectivity index (χ1) is 16.6. The fourth-order valence-electron chi connectivity index (χ4n) is 3.89. The van der Waals surface area contributed by atoms with E-state index in [1.54, 1.807) is 24.3 Å². The standard InChI is InChI=1S/C26H23FN6O/c27-21-9-6-18(7-10-21)25-22(14-31-32-25)20-8-11-24-30-15-23(33(24)16-20)17-2-4-19(5-3-17)26(34)29-13-1-12-28/h2-11,14-16H,1,12-13,28H2,(H,29,34)(H,31,32). The van der Waals surface area contributed by atoms with Crippen LogP contribution >= 0.6 is 0 Å². The van der Waals surface area contributed by atoms with Crippen LogP contribution in [0.5, 0.6) is 0 Å². The van der Waals surface area contributed by atoms with Crippen molar-refractivity contribution in [1.29, 1.82) is 0 Å². The Morgan fingerprint density at radius 2 is 1.74 bits per heavy atom. The molecule has 34 heavy (non-hydrogen) atoms. The summed E-state index contributed by atoms with van der Waals surface area (Å²) in [5.41, 5.74) is 12.1. The molecule has 1 amide bonds. The first-order valence-electron chi connectivity index (χ1n) is 11.0. The molecule has 0 aliphatic carbocycles. The topological polar surface area (TPSA) is 101 Å². The third-order valence-corrected chi connectivity index (χ3v) is 5.68. The number of carbonyl (C=O) groups is 1. The Bertz CT molecular complexity index is 1440. The maximum absolute atomic E-state index is 13.4. The zero-order valence-electron chi connectivity index (χ0n) is 18.3. The molecule has 0 spiro atoms. The minimum atomic E-state index is -0.288. The Kier molecular flexibility index (Phi) is 5.88. The van der Waals surface area contributed by atoms with Crippen LogP contribution in [0.1, 0.15) is 16.8 Å². The Balaban J connectivity index is 1.47. The summed E-state index contributed by atoms with van der Waals surface area (Å²) in [6.07, 6.45) is 6.39. The molecule has 3 heterocycles. The number of hydrogen-bond donors (Lipinski definition) is 3. The van der Waals surface area contributed by atoms with E-state index >= 15 is 0 Å². The molecule has 7 nitrogen and oxygen atoms in total. The largest absolute Gasteiger partial charge is 0.352 e. The molecule has 0 unspecified atom stereocenters. The maximum Gasteiger partial charge on any atom is 0.251 e. The average molecular weight is 455 g/mol. The van der Waals surface area contributed by atoms with Crippen LogP contribution in [0.3, 0.4) is 0 Å². The highest BCUT2D eigenvalue weighted by Crippen LogP contribution is 2.31. The molecule has 5 rings (SSSR count). The summed E-state index contributed by atoms with van der Waals surface area (Å²) in [6.45, 7) is 1.10. The van der Waals surface area contributed by atoms with Crippen molar-refractivity contribution < 1.29 is 9.18 Å². The number of fused-ring (bicyclic) bond motifs is 1. The fraction of sp³-hybridized carbons (Fsp3) is 0.115. The second-order valence-electron chi connectivity index (χ2n) is 7.92.